The van der Waals surface area contributed by atoms with Crippen LogP contribution in [0.2, 0.25) is 0 Å². The highest BCUT2D eigenvalue weighted by atomic mass is 16.5. The Balaban J connectivity index is 1.71. The molecule has 30 heavy (non-hydrogen) atoms. The number of nitrogens with zero attached hydrogens (tertiary/aromatic N) is 4. The van der Waals surface area contributed by atoms with Crippen LogP contribution in [0.25, 0.3) is 10.9 Å². The number of hydrazone groups is 1. The summed E-state index contributed by atoms with van der Waals surface area (Å²) in [4.78, 5) is 15.0. The first-order chi connectivity index (χ1) is 14.6. The fourth-order valence-electron chi connectivity index (χ4n) is 3.94. The first-order valence-corrected chi connectivity index (χ1v) is 10.2. The highest BCUT2D eigenvalue weighted by molar-refractivity contribution is 6.45. The molecule has 1 aliphatic heterocycles. The number of methoxy groups -OCH3 is 1. The minimum absolute atomic E-state index is 0.278. The summed E-state index contributed by atoms with van der Waals surface area (Å²) in [7, 11) is 5.21. The van der Waals surface area contributed by atoms with Gasteiger partial charge in [0.2, 0.25) is 5.52 Å². The van der Waals surface area contributed by atoms with Crippen molar-refractivity contribution in [2.75, 3.05) is 37.2 Å². The maximum atomic E-state index is 12.6. The van der Waals surface area contributed by atoms with E-state index in [1.165, 1.54) is 25.6 Å². The number of ether oxygens (including phenoxy) is 1. The normalized spacial score (nSPS) is 14.2. The molecule has 6 nitrogen and oxygen atoms in total. The average molecular weight is 404 g/mol. The molecule has 0 unspecified atom stereocenters. The van der Waals surface area contributed by atoms with Gasteiger partial charge in [-0.3, -0.25) is 5.01 Å². The predicted molar refractivity (Wildman–Crippen MR) is 120 cm³/mol. The number of carbonyl (C=O) groups is 1. The molecular weight excluding hydrogens is 376 g/mol. The molecule has 6 heteroatoms. The summed E-state index contributed by atoms with van der Waals surface area (Å²) in [5.41, 5.74) is 4.18. The highest BCUT2D eigenvalue weighted by Gasteiger charge is 2.22. The van der Waals surface area contributed by atoms with Gasteiger partial charge >= 0.3 is 5.97 Å². The minimum atomic E-state index is -0.463. The highest BCUT2D eigenvalue weighted by Crippen LogP contribution is 2.24. The number of aromatic nitrogens is 1. The van der Waals surface area contributed by atoms with Crippen LogP contribution in [-0.4, -0.2) is 38.9 Å². The lowest BCUT2D eigenvalue weighted by molar-refractivity contribution is -0.644. The van der Waals surface area contributed by atoms with Crippen molar-refractivity contribution in [3.8, 4) is 0 Å². The number of pyridine rings is 1. The fourth-order valence-corrected chi connectivity index (χ4v) is 3.94. The van der Waals surface area contributed by atoms with Crippen molar-refractivity contribution in [1.82, 2.24) is 0 Å². The zero-order valence-electron chi connectivity index (χ0n) is 17.7. The van der Waals surface area contributed by atoms with E-state index in [2.05, 4.69) is 22.1 Å². The van der Waals surface area contributed by atoms with E-state index >= 15 is 0 Å². The van der Waals surface area contributed by atoms with Gasteiger partial charge in [-0.15, -0.1) is 0 Å². The van der Waals surface area contributed by atoms with Crippen LogP contribution in [0.4, 0.5) is 11.4 Å². The third kappa shape index (κ3) is 3.85. The third-order valence-electron chi connectivity index (χ3n) is 5.62. The molecule has 0 atom stereocenters. The number of fused-ring (bicyclic) bond motifs is 1. The molecular formula is C24H27N4O2+. The second-order valence-electron chi connectivity index (χ2n) is 7.53. The number of esters is 1. The topological polar surface area (TPSA) is 49.0 Å². The monoisotopic (exact) mass is 403 g/mol. The van der Waals surface area contributed by atoms with E-state index in [4.69, 9.17) is 4.74 Å². The van der Waals surface area contributed by atoms with Gasteiger partial charge in [0.25, 0.3) is 0 Å². The quantitative estimate of drug-likeness (QED) is 0.284. The molecule has 3 aromatic rings. The maximum Gasteiger partial charge on any atom is 0.359 e. The first-order valence-electron chi connectivity index (χ1n) is 10.2. The van der Waals surface area contributed by atoms with Crippen molar-refractivity contribution in [3.05, 3.63) is 66.4 Å². The Morgan fingerprint density at radius 2 is 1.77 bits per heavy atom. The van der Waals surface area contributed by atoms with Crippen LogP contribution in [0.15, 0.2) is 65.9 Å². The zero-order chi connectivity index (χ0) is 21.1. The van der Waals surface area contributed by atoms with Crippen molar-refractivity contribution in [2.24, 2.45) is 12.1 Å². The Labute approximate surface area is 177 Å². The summed E-state index contributed by atoms with van der Waals surface area (Å²) in [6, 6.07) is 18.2. The van der Waals surface area contributed by atoms with Crippen LogP contribution in [-0.2, 0) is 16.6 Å². The van der Waals surface area contributed by atoms with Crippen molar-refractivity contribution >= 4 is 34.0 Å². The molecule has 2 aromatic carbocycles. The van der Waals surface area contributed by atoms with Gasteiger partial charge in [0.1, 0.15) is 7.05 Å². The van der Waals surface area contributed by atoms with Gasteiger partial charge in [0.05, 0.1) is 18.2 Å². The van der Waals surface area contributed by atoms with Crippen molar-refractivity contribution in [2.45, 2.75) is 12.8 Å². The van der Waals surface area contributed by atoms with E-state index < -0.39 is 5.97 Å². The van der Waals surface area contributed by atoms with E-state index in [0.29, 0.717) is 0 Å². The molecule has 0 aliphatic carbocycles. The van der Waals surface area contributed by atoms with Crippen molar-refractivity contribution in [3.63, 3.8) is 0 Å². The molecule has 1 fully saturated rings. The molecule has 0 bridgehead atoms. The van der Waals surface area contributed by atoms with Crippen LogP contribution in [0.1, 0.15) is 18.4 Å². The van der Waals surface area contributed by atoms with E-state index in [1.807, 2.05) is 67.3 Å². The maximum absolute atomic E-state index is 12.6. The standard InChI is InChI=1S/C24H27N4O2/c1-26-17-14-21(20-8-4-5-9-22(20)26)23(24(29)30-3)25-27(2)18-10-12-19(13-11-18)28-15-6-7-16-28/h4-5,8-14,17H,6-7,15-16H2,1-3H3/q+1. The Morgan fingerprint density at radius 3 is 2.47 bits per heavy atom. The van der Waals surface area contributed by atoms with Gasteiger partial charge in [0.15, 0.2) is 11.9 Å². The lowest BCUT2D eigenvalue weighted by atomic mass is 10.0. The van der Waals surface area contributed by atoms with E-state index in [0.717, 1.165) is 35.2 Å². The van der Waals surface area contributed by atoms with Crippen LogP contribution in [0.5, 0.6) is 0 Å². The molecule has 0 saturated carbocycles. The third-order valence-corrected chi connectivity index (χ3v) is 5.62. The van der Waals surface area contributed by atoms with Crippen molar-refractivity contribution in [1.29, 1.82) is 0 Å². The molecule has 154 valence electrons. The van der Waals surface area contributed by atoms with E-state index in [-0.39, 0.29) is 5.71 Å². The molecule has 1 aliphatic rings. The Morgan fingerprint density at radius 1 is 1.07 bits per heavy atom. The number of para-hydroxylation sites is 1. The van der Waals surface area contributed by atoms with Crippen molar-refractivity contribution < 1.29 is 14.1 Å². The average Bonchev–Trinajstić information content (AvgIpc) is 3.33. The summed E-state index contributed by atoms with van der Waals surface area (Å²) in [6.45, 7) is 2.22. The van der Waals surface area contributed by atoms with Crippen LogP contribution in [0, 0.1) is 0 Å². The van der Waals surface area contributed by atoms with Crippen LogP contribution >= 0.6 is 0 Å². The first kappa shape index (κ1) is 19.9. The molecule has 1 saturated heterocycles. The fraction of sp³-hybridized carbons (Fsp3) is 0.292. The van der Waals surface area contributed by atoms with Gasteiger partial charge < -0.3 is 9.64 Å². The number of rotatable bonds is 5. The zero-order valence-corrected chi connectivity index (χ0v) is 17.7. The summed E-state index contributed by atoms with van der Waals surface area (Å²) in [5, 5.41) is 7.32. The summed E-state index contributed by atoms with van der Waals surface area (Å²) < 4.78 is 7.08. The predicted octanol–water partition coefficient (Wildman–Crippen LogP) is 3.28. The van der Waals surface area contributed by atoms with Gasteiger partial charge in [-0.05, 0) is 43.2 Å². The molecule has 0 spiro atoms. The van der Waals surface area contributed by atoms with E-state index in [1.54, 1.807) is 5.01 Å². The SMILES string of the molecule is COC(=O)C(=NN(C)c1ccc(N2CCCC2)cc1)c1cc[n+](C)c2ccccc12. The Hall–Kier alpha value is -3.41. The van der Waals surface area contributed by atoms with Gasteiger partial charge in [-0.2, -0.15) is 5.10 Å². The second-order valence-corrected chi connectivity index (χ2v) is 7.53. The molecule has 0 amide bonds. The number of benzene rings is 2. The van der Waals surface area contributed by atoms with Crippen LogP contribution < -0.4 is 14.5 Å². The Kier molecular flexibility index (Phi) is 5.65. The van der Waals surface area contributed by atoms with Gasteiger partial charge in [-0.25, -0.2) is 9.36 Å². The molecule has 2 heterocycles. The smallest absolute Gasteiger partial charge is 0.359 e. The number of hydrogen-bond donors (Lipinski definition) is 0. The number of aryl methyl sites for hydroxylation is 1. The summed E-state index contributed by atoms with van der Waals surface area (Å²) in [5.74, 6) is -0.463. The summed E-state index contributed by atoms with van der Waals surface area (Å²) >= 11 is 0. The number of anilines is 2. The number of hydrogen-bond acceptors (Lipinski definition) is 5. The molecule has 0 N–H and O–H groups in total. The van der Waals surface area contributed by atoms with E-state index in [9.17, 15) is 4.79 Å². The molecule has 1 aromatic heterocycles. The summed E-state index contributed by atoms with van der Waals surface area (Å²) in [6.07, 6.45) is 4.43. The number of carbonyl (C=O) groups excluding carboxylic acids is 1. The lowest BCUT2D eigenvalue weighted by Gasteiger charge is -2.20. The minimum Gasteiger partial charge on any atom is -0.464 e. The molecule has 4 rings (SSSR count). The Bertz CT molecular complexity index is 1090. The van der Waals surface area contributed by atoms with Gasteiger partial charge in [0, 0.05) is 43.5 Å². The second kappa shape index (κ2) is 8.53. The largest absolute Gasteiger partial charge is 0.464 e. The van der Waals surface area contributed by atoms with Crippen LogP contribution in [0.3, 0.4) is 0 Å². The van der Waals surface area contributed by atoms with Gasteiger partial charge in [-0.1, -0.05) is 12.1 Å². The molecule has 0 radical (unpaired) electrons. The lowest BCUT2D eigenvalue weighted by Crippen LogP contribution is -2.30.